The van der Waals surface area contributed by atoms with Crippen LogP contribution in [0.4, 0.5) is 5.69 Å². The number of ether oxygens (including phenoxy) is 1. The number of hydrogen-bond acceptors (Lipinski definition) is 6. The van der Waals surface area contributed by atoms with E-state index < -0.39 is 27.3 Å². The zero-order chi connectivity index (χ0) is 29.9. The van der Waals surface area contributed by atoms with Crippen molar-refractivity contribution in [3.63, 3.8) is 0 Å². The molecule has 0 unspecified atom stereocenters. The molecule has 7 nitrogen and oxygen atoms in total. The normalized spacial score (nSPS) is 34.5. The van der Waals surface area contributed by atoms with Crippen LogP contribution >= 0.6 is 11.6 Å². The largest absolute Gasteiger partial charge is 0.490 e. The fraction of sp³-hybridized carbons (Fsp3) is 0.559. The van der Waals surface area contributed by atoms with Gasteiger partial charge in [0.15, 0.2) is 0 Å². The third-order valence-corrected chi connectivity index (χ3v) is 13.0. The molecule has 6 atom stereocenters. The Hall–Kier alpha value is -2.55. The van der Waals surface area contributed by atoms with Crippen LogP contribution in [-0.2, 0) is 21.9 Å². The van der Waals surface area contributed by atoms with Gasteiger partial charge in [0.1, 0.15) is 5.75 Å². The van der Waals surface area contributed by atoms with Crippen molar-refractivity contribution >= 4 is 33.2 Å². The third-order valence-electron chi connectivity index (χ3n) is 10.8. The number of carbonyl (C=O) groups excluding carboxylic acids is 1. The second kappa shape index (κ2) is 11.1. The van der Waals surface area contributed by atoms with Gasteiger partial charge in [-0.15, -0.1) is 0 Å². The predicted molar refractivity (Wildman–Crippen MR) is 168 cm³/mol. The SMILES string of the molecule is C[C@@H]1C/C=C\[C@H](O)[C@@H]2CC[C@H]2CN2C[C@@]3(CCCc4cc(Cl)ccc43)COc3ccc(cc32)C(=O)NS(=O)(=O)[C@@H]1C1CC1. The number of fused-ring (bicyclic) bond motifs is 4. The van der Waals surface area contributed by atoms with E-state index in [-0.39, 0.29) is 23.2 Å². The monoisotopic (exact) mass is 624 g/mol. The second-order valence-corrected chi connectivity index (χ2v) is 16.0. The van der Waals surface area contributed by atoms with E-state index in [1.54, 1.807) is 12.1 Å². The molecule has 9 heteroatoms. The highest BCUT2D eigenvalue weighted by Gasteiger charge is 2.46. The Morgan fingerprint density at radius 3 is 2.67 bits per heavy atom. The summed E-state index contributed by atoms with van der Waals surface area (Å²) in [6, 6.07) is 11.5. The Morgan fingerprint density at radius 2 is 1.91 bits per heavy atom. The van der Waals surface area contributed by atoms with E-state index in [1.807, 2.05) is 31.2 Å². The number of hydrogen-bond donors (Lipinski definition) is 2. The van der Waals surface area contributed by atoms with Gasteiger partial charge in [-0.1, -0.05) is 36.7 Å². The average Bonchev–Trinajstić information content (AvgIpc) is 3.78. The number of aliphatic hydroxyl groups is 1. The molecule has 2 aliphatic heterocycles. The van der Waals surface area contributed by atoms with E-state index in [0.717, 1.165) is 62.2 Å². The molecule has 2 bridgehead atoms. The molecule has 3 aliphatic carbocycles. The highest BCUT2D eigenvalue weighted by atomic mass is 35.5. The van der Waals surface area contributed by atoms with Crippen LogP contribution in [0.25, 0.3) is 0 Å². The van der Waals surface area contributed by atoms with Gasteiger partial charge in [0.05, 0.1) is 23.6 Å². The first-order valence-electron chi connectivity index (χ1n) is 15.8. The number of rotatable bonds is 1. The topological polar surface area (TPSA) is 95.9 Å². The number of anilines is 1. The first kappa shape index (κ1) is 29.2. The van der Waals surface area contributed by atoms with Crippen LogP contribution in [-0.4, -0.2) is 50.5 Å². The fourth-order valence-corrected chi connectivity index (χ4v) is 10.4. The van der Waals surface area contributed by atoms with E-state index >= 15 is 0 Å². The smallest absolute Gasteiger partial charge is 0.264 e. The van der Waals surface area contributed by atoms with E-state index in [0.29, 0.717) is 36.8 Å². The molecule has 5 aliphatic rings. The van der Waals surface area contributed by atoms with Gasteiger partial charge in [0, 0.05) is 29.1 Å². The summed E-state index contributed by atoms with van der Waals surface area (Å²) in [5.74, 6) is 0.393. The van der Waals surface area contributed by atoms with Crippen LogP contribution in [0.15, 0.2) is 48.6 Å². The standard InChI is InChI=1S/C34H41ClN2O5S/c1-21-4-2-6-30(38)27-12-9-25(27)18-37-19-34(15-3-5-23-16-26(35)11-13-28(23)34)20-42-31-14-10-24(17-29(31)37)33(39)36-43(40,41)32(21)22-7-8-22/h2,6,10-11,13-14,16-17,21-22,25,27,30,32,38H,3-5,7-9,12,15,18-20H2,1H3,(H,36,39)/b6-2-/t21-,25+,27-,30+,32+,34+/m1/s1. The first-order valence-corrected chi connectivity index (χ1v) is 17.8. The summed E-state index contributed by atoms with van der Waals surface area (Å²) in [5.41, 5.74) is 3.38. The lowest BCUT2D eigenvalue weighted by atomic mass is 9.68. The summed E-state index contributed by atoms with van der Waals surface area (Å²) < 4.78 is 36.2. The minimum absolute atomic E-state index is 0.0499. The Balaban J connectivity index is 1.29. The van der Waals surface area contributed by atoms with Gasteiger partial charge < -0.3 is 14.7 Å². The summed E-state index contributed by atoms with van der Waals surface area (Å²) >= 11 is 6.40. The van der Waals surface area contributed by atoms with Gasteiger partial charge in [0.2, 0.25) is 10.0 Å². The van der Waals surface area contributed by atoms with Gasteiger partial charge in [-0.25, -0.2) is 13.1 Å². The fourth-order valence-electron chi connectivity index (χ4n) is 8.22. The quantitative estimate of drug-likeness (QED) is 0.399. The minimum Gasteiger partial charge on any atom is -0.490 e. The Bertz CT molecular complexity index is 1560. The summed E-state index contributed by atoms with van der Waals surface area (Å²) in [6.07, 6.45) is 10.4. The van der Waals surface area contributed by atoms with E-state index in [2.05, 4.69) is 21.8 Å². The van der Waals surface area contributed by atoms with Crippen LogP contribution < -0.4 is 14.4 Å². The number of allylic oxidation sites excluding steroid dienone is 1. The zero-order valence-corrected chi connectivity index (χ0v) is 26.2. The second-order valence-electron chi connectivity index (χ2n) is 13.7. The van der Waals surface area contributed by atoms with Gasteiger partial charge in [-0.2, -0.15) is 0 Å². The van der Waals surface area contributed by atoms with Crippen molar-refractivity contribution in [2.75, 3.05) is 24.6 Å². The van der Waals surface area contributed by atoms with Crippen molar-refractivity contribution in [1.82, 2.24) is 4.72 Å². The van der Waals surface area contributed by atoms with Crippen LogP contribution in [0.1, 0.15) is 73.4 Å². The lowest BCUT2D eigenvalue weighted by molar-refractivity contribution is 0.0455. The lowest BCUT2D eigenvalue weighted by Gasteiger charge is -2.45. The number of aliphatic hydroxyl groups excluding tert-OH is 1. The van der Waals surface area contributed by atoms with Crippen LogP contribution in [0.5, 0.6) is 5.75 Å². The van der Waals surface area contributed by atoms with E-state index in [4.69, 9.17) is 16.3 Å². The maximum Gasteiger partial charge on any atom is 0.264 e. The zero-order valence-electron chi connectivity index (χ0n) is 24.7. The molecule has 0 aromatic heterocycles. The molecule has 2 aromatic carbocycles. The lowest BCUT2D eigenvalue weighted by Crippen LogP contribution is -2.49. The van der Waals surface area contributed by atoms with Crippen LogP contribution in [0.3, 0.4) is 0 Å². The van der Waals surface area contributed by atoms with Gasteiger partial charge in [0.25, 0.3) is 5.91 Å². The summed E-state index contributed by atoms with van der Waals surface area (Å²) in [5, 5.41) is 11.3. The Morgan fingerprint density at radius 1 is 1.09 bits per heavy atom. The molecule has 2 fully saturated rings. The maximum absolute atomic E-state index is 13.6. The molecule has 1 spiro atoms. The van der Waals surface area contributed by atoms with Crippen LogP contribution in [0, 0.1) is 23.7 Å². The third kappa shape index (κ3) is 5.48. The molecule has 230 valence electrons. The van der Waals surface area contributed by atoms with Crippen LogP contribution in [0.2, 0.25) is 5.02 Å². The van der Waals surface area contributed by atoms with Crippen molar-refractivity contribution in [2.45, 2.75) is 75.1 Å². The molecule has 43 heavy (non-hydrogen) atoms. The van der Waals surface area contributed by atoms with Crippen molar-refractivity contribution < 1.29 is 23.1 Å². The van der Waals surface area contributed by atoms with E-state index in [9.17, 15) is 18.3 Å². The average molecular weight is 625 g/mol. The molecular formula is C34H41ClN2O5S. The molecule has 2 saturated carbocycles. The van der Waals surface area contributed by atoms with E-state index in [1.165, 1.54) is 11.1 Å². The van der Waals surface area contributed by atoms with Crippen molar-refractivity contribution in [1.29, 1.82) is 0 Å². The summed E-state index contributed by atoms with van der Waals surface area (Å²) in [4.78, 5) is 15.9. The maximum atomic E-state index is 13.6. The number of nitrogens with one attached hydrogen (secondary N) is 1. The minimum atomic E-state index is -3.91. The molecule has 7 rings (SSSR count). The molecule has 0 radical (unpaired) electrons. The molecule has 2 heterocycles. The number of sulfonamides is 1. The van der Waals surface area contributed by atoms with Crippen molar-refractivity contribution in [2.24, 2.45) is 23.7 Å². The highest BCUT2D eigenvalue weighted by Crippen LogP contribution is 2.47. The van der Waals surface area contributed by atoms with Crippen molar-refractivity contribution in [3.05, 3.63) is 70.3 Å². The highest BCUT2D eigenvalue weighted by molar-refractivity contribution is 7.90. The number of halogens is 1. The number of nitrogens with zero attached hydrogens (tertiary/aromatic N) is 1. The number of carbonyl (C=O) groups is 1. The van der Waals surface area contributed by atoms with Gasteiger partial charge in [-0.3, -0.25) is 4.79 Å². The first-order chi connectivity index (χ1) is 20.6. The van der Waals surface area contributed by atoms with Gasteiger partial charge in [-0.05, 0) is 116 Å². The molecule has 0 saturated heterocycles. The summed E-state index contributed by atoms with van der Waals surface area (Å²) in [6.45, 7) is 3.86. The van der Waals surface area contributed by atoms with Gasteiger partial charge >= 0.3 is 0 Å². The Labute approximate surface area is 259 Å². The Kier molecular flexibility index (Phi) is 7.54. The summed E-state index contributed by atoms with van der Waals surface area (Å²) in [7, 11) is -3.91. The molecule has 2 N–H and O–H groups in total. The molecule has 1 amide bonds. The predicted octanol–water partition coefficient (Wildman–Crippen LogP) is 5.63. The number of amides is 1. The molecular weight excluding hydrogens is 584 g/mol. The number of aryl methyl sites for hydroxylation is 1. The molecule has 2 aromatic rings. The number of benzene rings is 2. The van der Waals surface area contributed by atoms with Crippen molar-refractivity contribution in [3.8, 4) is 5.75 Å².